The van der Waals surface area contributed by atoms with E-state index in [1.807, 2.05) is 27.7 Å². The van der Waals surface area contributed by atoms with Crippen LogP contribution in [0.5, 0.6) is 0 Å². The Labute approximate surface area is 109 Å². The third-order valence-corrected chi connectivity index (χ3v) is 2.80. The molecule has 1 unspecified atom stereocenters. The molecule has 0 bridgehead atoms. The van der Waals surface area contributed by atoms with Crippen LogP contribution in [0.15, 0.2) is 0 Å². The van der Waals surface area contributed by atoms with Crippen molar-refractivity contribution in [3.8, 4) is 0 Å². The quantitative estimate of drug-likeness (QED) is 0.788. The van der Waals surface area contributed by atoms with Crippen LogP contribution in [-0.4, -0.2) is 42.2 Å². The first kappa shape index (κ1) is 15.2. The summed E-state index contributed by atoms with van der Waals surface area (Å²) in [6.07, 6.45) is 1.64. The number of amides is 1. The van der Waals surface area contributed by atoms with Gasteiger partial charge in [-0.25, -0.2) is 4.79 Å². The van der Waals surface area contributed by atoms with Crippen molar-refractivity contribution in [2.45, 2.75) is 58.3 Å². The number of carbonyl (C=O) groups excluding carboxylic acids is 1. The smallest absolute Gasteiger partial charge is 0.407 e. The molecule has 2 N–H and O–H groups in total. The maximum atomic E-state index is 11.5. The molecule has 1 atom stereocenters. The van der Waals surface area contributed by atoms with Crippen LogP contribution in [0.1, 0.15) is 40.5 Å². The third kappa shape index (κ3) is 5.69. The lowest BCUT2D eigenvalue weighted by atomic mass is 9.83. The Hall–Kier alpha value is -0.810. The minimum atomic E-state index is -0.479. The number of rotatable bonds is 5. The first-order chi connectivity index (χ1) is 8.30. The Morgan fingerprint density at radius 3 is 2.56 bits per heavy atom. The van der Waals surface area contributed by atoms with Gasteiger partial charge in [0.25, 0.3) is 0 Å². The second-order valence-corrected chi connectivity index (χ2v) is 6.02. The fourth-order valence-electron chi connectivity index (χ4n) is 1.79. The van der Waals surface area contributed by atoms with Gasteiger partial charge in [-0.1, -0.05) is 0 Å². The van der Waals surface area contributed by atoms with Crippen molar-refractivity contribution < 1.29 is 19.4 Å². The SMILES string of the molecule is CC(COC1CC(CO)C1)NC(=O)OC(C)(C)C. The van der Waals surface area contributed by atoms with E-state index in [-0.39, 0.29) is 18.8 Å². The van der Waals surface area contributed by atoms with Gasteiger partial charge in [0.15, 0.2) is 0 Å². The van der Waals surface area contributed by atoms with Gasteiger partial charge in [-0.2, -0.15) is 0 Å². The van der Waals surface area contributed by atoms with Gasteiger partial charge in [0, 0.05) is 6.61 Å². The lowest BCUT2D eigenvalue weighted by molar-refractivity contribution is -0.0508. The van der Waals surface area contributed by atoms with Crippen LogP contribution < -0.4 is 5.32 Å². The number of hydrogen-bond acceptors (Lipinski definition) is 4. The Morgan fingerprint density at radius 1 is 1.44 bits per heavy atom. The first-order valence-corrected chi connectivity index (χ1v) is 6.52. The molecule has 0 aliphatic heterocycles. The molecule has 0 aromatic carbocycles. The van der Waals surface area contributed by atoms with Crippen LogP contribution in [0.25, 0.3) is 0 Å². The molecule has 0 heterocycles. The number of carbonyl (C=O) groups is 1. The molecule has 0 aromatic rings. The highest BCUT2D eigenvalue weighted by molar-refractivity contribution is 5.68. The molecule has 0 radical (unpaired) electrons. The molecule has 0 spiro atoms. The van der Waals surface area contributed by atoms with Crippen LogP contribution in [-0.2, 0) is 9.47 Å². The van der Waals surface area contributed by atoms with Crippen molar-refractivity contribution in [3.05, 3.63) is 0 Å². The molecule has 1 amide bonds. The lowest BCUT2D eigenvalue weighted by Gasteiger charge is -2.34. The molecule has 1 fully saturated rings. The molecule has 106 valence electrons. The molecular weight excluding hydrogens is 234 g/mol. The number of nitrogens with one attached hydrogen (secondary N) is 1. The van der Waals surface area contributed by atoms with Gasteiger partial charge in [-0.15, -0.1) is 0 Å². The largest absolute Gasteiger partial charge is 0.444 e. The predicted molar refractivity (Wildman–Crippen MR) is 68.4 cm³/mol. The minimum Gasteiger partial charge on any atom is -0.444 e. The van der Waals surface area contributed by atoms with Crippen LogP contribution >= 0.6 is 0 Å². The standard InChI is InChI=1S/C13H25NO4/c1-9(14-12(16)18-13(2,3)4)8-17-11-5-10(6-11)7-15/h9-11,15H,5-8H2,1-4H3,(H,14,16). The van der Waals surface area contributed by atoms with Gasteiger partial charge >= 0.3 is 6.09 Å². The summed E-state index contributed by atoms with van der Waals surface area (Å²) in [4.78, 5) is 11.5. The number of hydrogen-bond donors (Lipinski definition) is 2. The zero-order chi connectivity index (χ0) is 13.8. The van der Waals surface area contributed by atoms with Gasteiger partial charge in [-0.3, -0.25) is 0 Å². The van der Waals surface area contributed by atoms with Gasteiger partial charge in [0.1, 0.15) is 5.60 Å². The normalized spacial score (nSPS) is 25.2. The average molecular weight is 259 g/mol. The topological polar surface area (TPSA) is 67.8 Å². The van der Waals surface area contributed by atoms with Crippen LogP contribution in [0.3, 0.4) is 0 Å². The van der Waals surface area contributed by atoms with Crippen molar-refractivity contribution >= 4 is 6.09 Å². The maximum Gasteiger partial charge on any atom is 0.407 e. The van der Waals surface area contributed by atoms with Gasteiger partial charge in [0.05, 0.1) is 18.8 Å². The van der Waals surface area contributed by atoms with Crippen molar-refractivity contribution in [1.82, 2.24) is 5.32 Å². The van der Waals surface area contributed by atoms with E-state index in [2.05, 4.69) is 5.32 Å². The number of alkyl carbamates (subject to hydrolysis) is 1. The summed E-state index contributed by atoms with van der Waals surface area (Å²) in [5.74, 6) is 0.393. The van der Waals surface area contributed by atoms with E-state index in [1.165, 1.54) is 0 Å². The molecule has 1 aliphatic rings. The number of ether oxygens (including phenoxy) is 2. The third-order valence-electron chi connectivity index (χ3n) is 2.80. The summed E-state index contributed by atoms with van der Waals surface area (Å²) >= 11 is 0. The van der Waals surface area contributed by atoms with Crippen molar-refractivity contribution in [3.63, 3.8) is 0 Å². The molecule has 18 heavy (non-hydrogen) atoms. The van der Waals surface area contributed by atoms with E-state index in [0.29, 0.717) is 12.5 Å². The summed E-state index contributed by atoms with van der Waals surface area (Å²) in [5, 5.41) is 11.6. The minimum absolute atomic E-state index is 0.0759. The molecule has 1 aliphatic carbocycles. The van der Waals surface area contributed by atoms with E-state index in [0.717, 1.165) is 12.8 Å². The molecule has 0 aromatic heterocycles. The van der Waals surface area contributed by atoms with Gasteiger partial charge < -0.3 is 19.9 Å². The molecule has 5 heteroatoms. The average Bonchev–Trinajstić information content (AvgIpc) is 2.12. The number of aliphatic hydroxyl groups excluding tert-OH is 1. The highest BCUT2D eigenvalue weighted by atomic mass is 16.6. The molecule has 1 saturated carbocycles. The number of aliphatic hydroxyl groups is 1. The summed E-state index contributed by atoms with van der Waals surface area (Å²) in [5.41, 5.74) is -0.479. The summed E-state index contributed by atoms with van der Waals surface area (Å²) in [7, 11) is 0. The zero-order valence-electron chi connectivity index (χ0n) is 11.7. The van der Waals surface area contributed by atoms with E-state index >= 15 is 0 Å². The molecule has 1 rings (SSSR count). The van der Waals surface area contributed by atoms with Crippen LogP contribution in [0.4, 0.5) is 4.79 Å². The van der Waals surface area contributed by atoms with E-state index in [4.69, 9.17) is 14.6 Å². The van der Waals surface area contributed by atoms with Crippen molar-refractivity contribution in [1.29, 1.82) is 0 Å². The highest BCUT2D eigenvalue weighted by Crippen LogP contribution is 2.29. The van der Waals surface area contributed by atoms with Crippen molar-refractivity contribution in [2.75, 3.05) is 13.2 Å². The Balaban J connectivity index is 2.10. The zero-order valence-corrected chi connectivity index (χ0v) is 11.7. The second kappa shape index (κ2) is 6.38. The highest BCUT2D eigenvalue weighted by Gasteiger charge is 2.29. The maximum absolute atomic E-state index is 11.5. The molecule has 0 saturated heterocycles. The van der Waals surface area contributed by atoms with E-state index < -0.39 is 11.7 Å². The summed E-state index contributed by atoms with van der Waals surface area (Å²) in [6, 6.07) is -0.0759. The fourth-order valence-corrected chi connectivity index (χ4v) is 1.79. The second-order valence-electron chi connectivity index (χ2n) is 6.02. The fraction of sp³-hybridized carbons (Fsp3) is 0.923. The summed E-state index contributed by atoms with van der Waals surface area (Å²) < 4.78 is 10.8. The Morgan fingerprint density at radius 2 is 2.06 bits per heavy atom. The van der Waals surface area contributed by atoms with Crippen LogP contribution in [0.2, 0.25) is 0 Å². The predicted octanol–water partition coefficient (Wildman–Crippen LogP) is 1.69. The van der Waals surface area contributed by atoms with Crippen molar-refractivity contribution in [2.24, 2.45) is 5.92 Å². The van der Waals surface area contributed by atoms with Crippen LogP contribution in [0, 0.1) is 5.92 Å². The van der Waals surface area contributed by atoms with E-state index in [1.54, 1.807) is 0 Å². The van der Waals surface area contributed by atoms with Gasteiger partial charge in [-0.05, 0) is 46.5 Å². The lowest BCUT2D eigenvalue weighted by Crippen LogP contribution is -2.42. The molecular formula is C13H25NO4. The van der Waals surface area contributed by atoms with E-state index in [9.17, 15) is 4.79 Å². The Bertz CT molecular complexity index is 269. The summed E-state index contributed by atoms with van der Waals surface area (Å²) in [6.45, 7) is 8.09. The monoisotopic (exact) mass is 259 g/mol. The molecule has 5 nitrogen and oxygen atoms in total. The first-order valence-electron chi connectivity index (χ1n) is 6.52. The van der Waals surface area contributed by atoms with Gasteiger partial charge in [0.2, 0.25) is 0 Å². The Kier molecular flexibility index (Phi) is 5.41.